The number of nitrogens with one attached hydrogen (secondary N) is 2. The summed E-state index contributed by atoms with van der Waals surface area (Å²) in [6, 6.07) is 18.6. The normalized spacial score (nSPS) is 10.3. The van der Waals surface area contributed by atoms with E-state index in [0.717, 1.165) is 5.56 Å². The number of carbonyl (C=O) groups excluding carboxylic acids is 2. The number of ether oxygens (including phenoxy) is 1. The minimum Gasteiger partial charge on any atom is -0.455 e. The maximum absolute atomic E-state index is 12.3. The Morgan fingerprint density at radius 2 is 1.77 bits per heavy atom. The fourth-order valence-electron chi connectivity index (χ4n) is 2.87. The monoisotopic (exact) mass is 419 g/mol. The minimum atomic E-state index is -0.581. The van der Waals surface area contributed by atoms with Gasteiger partial charge in [-0.2, -0.15) is 0 Å². The first-order valence-corrected chi connectivity index (χ1v) is 9.50. The van der Waals surface area contributed by atoms with Crippen molar-refractivity contribution in [3.63, 3.8) is 0 Å². The molecule has 0 heterocycles. The maximum atomic E-state index is 12.3. The van der Waals surface area contributed by atoms with Gasteiger partial charge >= 0.3 is 0 Å². The summed E-state index contributed by atoms with van der Waals surface area (Å²) in [5.41, 5.74) is 1.89. The number of nitro groups is 1. The Hall–Kier alpha value is -4.20. The van der Waals surface area contributed by atoms with Gasteiger partial charge in [-0.25, -0.2) is 0 Å². The van der Waals surface area contributed by atoms with Crippen molar-refractivity contribution in [3.8, 4) is 11.5 Å². The lowest BCUT2D eigenvalue weighted by molar-refractivity contribution is -0.385. The lowest BCUT2D eigenvalue weighted by Gasteiger charge is -2.13. The molecule has 0 aliphatic heterocycles. The number of para-hydroxylation sites is 2. The van der Waals surface area contributed by atoms with E-state index in [1.54, 1.807) is 31.2 Å². The van der Waals surface area contributed by atoms with Crippen molar-refractivity contribution >= 4 is 23.2 Å². The number of benzene rings is 3. The SMILES string of the molecule is Cc1cccc(Oc2ccccc2NC(=O)CNC(=O)c2ccc(C)c([N+](=O)[O-])c2)c1. The van der Waals surface area contributed by atoms with Crippen molar-refractivity contribution in [2.45, 2.75) is 13.8 Å². The Morgan fingerprint density at radius 1 is 1.00 bits per heavy atom. The Morgan fingerprint density at radius 3 is 2.52 bits per heavy atom. The summed E-state index contributed by atoms with van der Waals surface area (Å²) in [6.07, 6.45) is 0. The maximum Gasteiger partial charge on any atom is 0.273 e. The van der Waals surface area contributed by atoms with Crippen molar-refractivity contribution in [1.29, 1.82) is 0 Å². The van der Waals surface area contributed by atoms with Gasteiger partial charge in [0, 0.05) is 17.2 Å². The van der Waals surface area contributed by atoms with Crippen LogP contribution in [0.5, 0.6) is 11.5 Å². The van der Waals surface area contributed by atoms with E-state index in [9.17, 15) is 19.7 Å². The number of aryl methyl sites for hydroxylation is 2. The highest BCUT2D eigenvalue weighted by atomic mass is 16.6. The van der Waals surface area contributed by atoms with E-state index in [-0.39, 0.29) is 17.8 Å². The van der Waals surface area contributed by atoms with Crippen LogP contribution in [0, 0.1) is 24.0 Å². The van der Waals surface area contributed by atoms with Gasteiger partial charge in [-0.1, -0.05) is 30.3 Å². The standard InChI is InChI=1S/C23H21N3O5/c1-15-6-5-7-18(12-15)31-21-9-4-3-8-19(21)25-22(27)14-24-23(28)17-11-10-16(2)20(13-17)26(29)30/h3-13H,14H2,1-2H3,(H,24,28)(H,25,27). The second-order valence-corrected chi connectivity index (χ2v) is 6.90. The summed E-state index contributed by atoms with van der Waals surface area (Å²) in [7, 11) is 0. The van der Waals surface area contributed by atoms with Crippen molar-refractivity contribution in [3.05, 3.63) is 93.5 Å². The third-order valence-corrected chi connectivity index (χ3v) is 4.46. The number of carbonyl (C=O) groups is 2. The highest BCUT2D eigenvalue weighted by Crippen LogP contribution is 2.29. The summed E-state index contributed by atoms with van der Waals surface area (Å²) in [4.78, 5) is 35.1. The molecule has 0 radical (unpaired) electrons. The van der Waals surface area contributed by atoms with Crippen LogP contribution in [0.2, 0.25) is 0 Å². The van der Waals surface area contributed by atoms with Crippen LogP contribution >= 0.6 is 0 Å². The molecule has 2 amide bonds. The van der Waals surface area contributed by atoms with E-state index in [0.29, 0.717) is 22.7 Å². The van der Waals surface area contributed by atoms with Crippen molar-refractivity contribution < 1.29 is 19.2 Å². The number of anilines is 1. The van der Waals surface area contributed by atoms with Gasteiger partial charge in [0.1, 0.15) is 5.75 Å². The van der Waals surface area contributed by atoms with Crippen LogP contribution in [-0.4, -0.2) is 23.3 Å². The molecule has 3 rings (SSSR count). The molecule has 3 aromatic rings. The van der Waals surface area contributed by atoms with Gasteiger partial charge in [0.25, 0.3) is 11.6 Å². The smallest absolute Gasteiger partial charge is 0.273 e. The van der Waals surface area contributed by atoms with Crippen LogP contribution in [0.15, 0.2) is 66.7 Å². The first-order valence-electron chi connectivity index (χ1n) is 9.50. The van der Waals surface area contributed by atoms with E-state index < -0.39 is 16.7 Å². The first-order chi connectivity index (χ1) is 14.8. The number of hydrogen-bond donors (Lipinski definition) is 2. The van der Waals surface area contributed by atoms with Crippen molar-refractivity contribution in [2.24, 2.45) is 0 Å². The number of nitro benzene ring substituents is 1. The van der Waals surface area contributed by atoms with Crippen LogP contribution in [0.4, 0.5) is 11.4 Å². The molecule has 0 saturated carbocycles. The molecule has 0 unspecified atom stereocenters. The third kappa shape index (κ3) is 5.66. The predicted octanol–water partition coefficient (Wildman–Crippen LogP) is 4.37. The predicted molar refractivity (Wildman–Crippen MR) is 116 cm³/mol. The molecule has 0 saturated heterocycles. The van der Waals surface area contributed by atoms with Gasteiger partial charge in [-0.15, -0.1) is 0 Å². The van der Waals surface area contributed by atoms with Crippen LogP contribution in [0.25, 0.3) is 0 Å². The highest BCUT2D eigenvalue weighted by molar-refractivity contribution is 6.00. The quantitative estimate of drug-likeness (QED) is 0.436. The van der Waals surface area contributed by atoms with Gasteiger partial charge in [0.05, 0.1) is 17.2 Å². The van der Waals surface area contributed by atoms with Crippen molar-refractivity contribution in [2.75, 3.05) is 11.9 Å². The Balaban J connectivity index is 1.63. The van der Waals surface area contributed by atoms with Gasteiger partial charge < -0.3 is 15.4 Å². The topological polar surface area (TPSA) is 111 Å². The zero-order valence-corrected chi connectivity index (χ0v) is 17.0. The number of hydrogen-bond acceptors (Lipinski definition) is 5. The molecule has 31 heavy (non-hydrogen) atoms. The van der Waals surface area contributed by atoms with E-state index in [1.807, 2.05) is 31.2 Å². The molecule has 3 aromatic carbocycles. The van der Waals surface area contributed by atoms with Gasteiger partial charge in [0.15, 0.2) is 5.75 Å². The summed E-state index contributed by atoms with van der Waals surface area (Å²) in [5, 5.41) is 16.2. The molecule has 2 N–H and O–H groups in total. The second kappa shape index (κ2) is 9.53. The van der Waals surface area contributed by atoms with Crippen molar-refractivity contribution in [1.82, 2.24) is 5.32 Å². The number of nitrogens with zero attached hydrogens (tertiary/aromatic N) is 1. The summed E-state index contributed by atoms with van der Waals surface area (Å²) in [5.74, 6) is 0.0516. The molecule has 0 aliphatic rings. The molecule has 0 bridgehead atoms. The van der Waals surface area contributed by atoms with E-state index >= 15 is 0 Å². The molecule has 158 valence electrons. The Bertz CT molecular complexity index is 1140. The molecule has 0 aliphatic carbocycles. The molecule has 8 heteroatoms. The summed E-state index contributed by atoms with van der Waals surface area (Å²) >= 11 is 0. The van der Waals surface area contributed by atoms with Gasteiger partial charge in [-0.3, -0.25) is 19.7 Å². The summed E-state index contributed by atoms with van der Waals surface area (Å²) in [6.45, 7) is 3.23. The fourth-order valence-corrected chi connectivity index (χ4v) is 2.87. The fraction of sp³-hybridized carbons (Fsp3) is 0.130. The van der Waals surface area contributed by atoms with E-state index in [1.165, 1.54) is 18.2 Å². The van der Waals surface area contributed by atoms with Crippen LogP contribution in [-0.2, 0) is 4.79 Å². The van der Waals surface area contributed by atoms with E-state index in [4.69, 9.17) is 4.74 Å². The zero-order chi connectivity index (χ0) is 22.4. The molecule has 0 atom stereocenters. The molecule has 0 spiro atoms. The lowest BCUT2D eigenvalue weighted by Crippen LogP contribution is -2.33. The molecular formula is C23H21N3O5. The molecule has 0 fully saturated rings. The minimum absolute atomic E-state index is 0.105. The second-order valence-electron chi connectivity index (χ2n) is 6.90. The van der Waals surface area contributed by atoms with Crippen LogP contribution < -0.4 is 15.4 Å². The lowest BCUT2D eigenvalue weighted by atomic mass is 10.1. The average molecular weight is 419 g/mol. The highest BCUT2D eigenvalue weighted by Gasteiger charge is 2.16. The van der Waals surface area contributed by atoms with Gasteiger partial charge in [-0.05, 0) is 49.7 Å². The van der Waals surface area contributed by atoms with Gasteiger partial charge in [0.2, 0.25) is 5.91 Å². The average Bonchev–Trinajstić information content (AvgIpc) is 2.73. The first kappa shape index (κ1) is 21.5. The van der Waals surface area contributed by atoms with E-state index in [2.05, 4.69) is 10.6 Å². The largest absolute Gasteiger partial charge is 0.455 e. The zero-order valence-electron chi connectivity index (χ0n) is 17.0. The Kier molecular flexibility index (Phi) is 6.61. The van der Waals surface area contributed by atoms with Crippen LogP contribution in [0.3, 0.4) is 0 Å². The molecule has 8 nitrogen and oxygen atoms in total. The molecular weight excluding hydrogens is 398 g/mol. The van der Waals surface area contributed by atoms with Crippen LogP contribution in [0.1, 0.15) is 21.5 Å². The summed E-state index contributed by atoms with van der Waals surface area (Å²) < 4.78 is 5.87. The number of rotatable bonds is 7. The number of amides is 2. The third-order valence-electron chi connectivity index (χ3n) is 4.46. The Labute approximate surface area is 179 Å². The molecule has 0 aromatic heterocycles.